The van der Waals surface area contributed by atoms with Gasteiger partial charge in [0.05, 0.1) is 11.7 Å². The number of carbonyl (C=O) groups is 2. The fraction of sp³-hybridized carbons (Fsp3) is 0.333. The van der Waals surface area contributed by atoms with Crippen molar-refractivity contribution in [2.75, 3.05) is 6.54 Å². The van der Waals surface area contributed by atoms with Crippen LogP contribution in [0.4, 0.5) is 0 Å². The van der Waals surface area contributed by atoms with Crippen LogP contribution in [-0.2, 0) is 4.79 Å². The molecule has 0 bridgehead atoms. The highest BCUT2D eigenvalue weighted by Gasteiger charge is 2.39. The van der Waals surface area contributed by atoms with E-state index >= 15 is 0 Å². The molecule has 1 fully saturated rings. The topological polar surface area (TPSA) is 77.8 Å². The third-order valence-corrected chi connectivity index (χ3v) is 3.91. The summed E-state index contributed by atoms with van der Waals surface area (Å²) in [4.78, 5) is 24.6. The third kappa shape index (κ3) is 2.91. The van der Waals surface area contributed by atoms with Crippen molar-refractivity contribution in [1.29, 1.82) is 0 Å². The average Bonchev–Trinajstić information content (AvgIpc) is 2.74. The van der Waals surface area contributed by atoms with Crippen molar-refractivity contribution in [3.05, 3.63) is 33.3 Å². The van der Waals surface area contributed by atoms with Crippen LogP contribution < -0.4 is 0 Å². The van der Waals surface area contributed by atoms with E-state index in [1.807, 2.05) is 0 Å². The zero-order chi connectivity index (χ0) is 14.2. The molecule has 5 nitrogen and oxygen atoms in total. The minimum atomic E-state index is -1.12. The maximum Gasteiger partial charge on any atom is 0.326 e. The zero-order valence-electron chi connectivity index (χ0n) is 9.72. The molecule has 0 aromatic heterocycles. The smallest absolute Gasteiger partial charge is 0.326 e. The van der Waals surface area contributed by atoms with Gasteiger partial charge in [-0.3, -0.25) is 4.79 Å². The number of carboxylic acids is 1. The first-order chi connectivity index (χ1) is 8.90. The van der Waals surface area contributed by atoms with Gasteiger partial charge in [0.15, 0.2) is 0 Å². The average molecular weight is 349 g/mol. The summed E-state index contributed by atoms with van der Waals surface area (Å²) in [6.45, 7) is 0.00868. The fourth-order valence-electron chi connectivity index (χ4n) is 2.09. The largest absolute Gasteiger partial charge is 0.480 e. The van der Waals surface area contributed by atoms with Crippen molar-refractivity contribution >= 4 is 39.4 Å². The van der Waals surface area contributed by atoms with Gasteiger partial charge < -0.3 is 15.1 Å². The van der Waals surface area contributed by atoms with Gasteiger partial charge >= 0.3 is 5.97 Å². The number of likely N-dealkylation sites (tertiary alicyclic amines) is 1. The van der Waals surface area contributed by atoms with Gasteiger partial charge in [-0.05, 0) is 34.1 Å². The van der Waals surface area contributed by atoms with Gasteiger partial charge in [-0.15, -0.1) is 0 Å². The van der Waals surface area contributed by atoms with E-state index in [4.69, 9.17) is 16.7 Å². The molecular weight excluding hydrogens is 337 g/mol. The molecular formula is C12H11BrClNO4. The van der Waals surface area contributed by atoms with Gasteiger partial charge in [0.25, 0.3) is 5.91 Å². The summed E-state index contributed by atoms with van der Waals surface area (Å²) >= 11 is 9.07. The maximum atomic E-state index is 12.3. The number of carbonyl (C=O) groups excluding carboxylic acids is 1. The summed E-state index contributed by atoms with van der Waals surface area (Å²) < 4.78 is 0.535. The lowest BCUT2D eigenvalue weighted by atomic mass is 10.1. The van der Waals surface area contributed by atoms with Crippen molar-refractivity contribution in [3.8, 4) is 0 Å². The van der Waals surface area contributed by atoms with Gasteiger partial charge in [-0.1, -0.05) is 11.6 Å². The number of aliphatic carboxylic acids is 1. The number of aliphatic hydroxyl groups excluding tert-OH is 1. The highest BCUT2D eigenvalue weighted by Crippen LogP contribution is 2.26. The van der Waals surface area contributed by atoms with Gasteiger partial charge in [0, 0.05) is 22.5 Å². The summed E-state index contributed by atoms with van der Waals surface area (Å²) in [5.74, 6) is -1.58. The SMILES string of the molecule is O=C(O)C1CC(O)CN1C(=O)c1cc(Cl)ccc1Br. The van der Waals surface area contributed by atoms with Crippen LogP contribution in [0.3, 0.4) is 0 Å². The second-order valence-electron chi connectivity index (χ2n) is 4.33. The molecule has 19 heavy (non-hydrogen) atoms. The van der Waals surface area contributed by atoms with Crippen LogP contribution in [-0.4, -0.2) is 45.7 Å². The van der Waals surface area contributed by atoms with Crippen LogP contribution in [0.5, 0.6) is 0 Å². The van der Waals surface area contributed by atoms with E-state index in [-0.39, 0.29) is 18.5 Å². The van der Waals surface area contributed by atoms with Crippen molar-refractivity contribution in [3.63, 3.8) is 0 Å². The Labute approximate surface area is 122 Å². The monoisotopic (exact) mass is 347 g/mol. The number of carboxylic acid groups (broad SMARTS) is 1. The van der Waals surface area contributed by atoms with Gasteiger partial charge in [-0.25, -0.2) is 4.79 Å². The predicted molar refractivity (Wildman–Crippen MR) is 72.2 cm³/mol. The molecule has 1 aliphatic rings. The summed E-state index contributed by atoms with van der Waals surface area (Å²) in [6.07, 6.45) is -0.776. The summed E-state index contributed by atoms with van der Waals surface area (Å²) in [6, 6.07) is 3.71. The summed E-state index contributed by atoms with van der Waals surface area (Å²) in [7, 11) is 0. The van der Waals surface area contributed by atoms with Crippen LogP contribution >= 0.6 is 27.5 Å². The van der Waals surface area contributed by atoms with Crippen LogP contribution in [0, 0.1) is 0 Å². The summed E-state index contributed by atoms with van der Waals surface area (Å²) in [5, 5.41) is 19.0. The molecule has 0 saturated carbocycles. The van der Waals surface area contributed by atoms with Crippen molar-refractivity contribution in [1.82, 2.24) is 4.90 Å². The van der Waals surface area contributed by atoms with Crippen LogP contribution in [0.1, 0.15) is 16.8 Å². The Morgan fingerprint density at radius 1 is 1.42 bits per heavy atom. The Hall–Kier alpha value is -1.11. The quantitative estimate of drug-likeness (QED) is 0.854. The van der Waals surface area contributed by atoms with E-state index in [1.54, 1.807) is 12.1 Å². The Morgan fingerprint density at radius 2 is 2.11 bits per heavy atom. The minimum Gasteiger partial charge on any atom is -0.480 e. The molecule has 2 rings (SSSR count). The molecule has 1 aromatic carbocycles. The molecule has 2 unspecified atom stereocenters. The van der Waals surface area contributed by atoms with Crippen LogP contribution in [0.25, 0.3) is 0 Å². The first-order valence-corrected chi connectivity index (χ1v) is 6.74. The number of rotatable bonds is 2. The normalized spacial score (nSPS) is 22.6. The number of hydrogen-bond acceptors (Lipinski definition) is 3. The third-order valence-electron chi connectivity index (χ3n) is 2.98. The van der Waals surface area contributed by atoms with Crippen molar-refractivity contribution < 1.29 is 19.8 Å². The van der Waals surface area contributed by atoms with E-state index < -0.39 is 24.0 Å². The Morgan fingerprint density at radius 3 is 2.74 bits per heavy atom. The van der Waals surface area contributed by atoms with Crippen LogP contribution in [0.15, 0.2) is 22.7 Å². The molecule has 1 heterocycles. The van der Waals surface area contributed by atoms with Crippen molar-refractivity contribution in [2.45, 2.75) is 18.6 Å². The molecule has 0 spiro atoms. The van der Waals surface area contributed by atoms with Gasteiger partial charge in [-0.2, -0.15) is 0 Å². The highest BCUT2D eigenvalue weighted by molar-refractivity contribution is 9.10. The number of hydrogen-bond donors (Lipinski definition) is 2. The maximum absolute atomic E-state index is 12.3. The number of halogens is 2. The molecule has 102 valence electrons. The molecule has 0 aliphatic carbocycles. The number of amides is 1. The van der Waals surface area contributed by atoms with Crippen molar-refractivity contribution in [2.24, 2.45) is 0 Å². The minimum absolute atomic E-state index is 0.00868. The Bertz CT molecular complexity index is 536. The first-order valence-electron chi connectivity index (χ1n) is 5.57. The molecule has 1 aliphatic heterocycles. The second kappa shape index (κ2) is 5.48. The number of β-amino-alcohol motifs (C(OH)–C–C–N with tert-alkyl or cyclic N) is 1. The lowest BCUT2D eigenvalue weighted by molar-refractivity contribution is -0.141. The molecule has 2 N–H and O–H groups in total. The first kappa shape index (κ1) is 14.3. The van der Waals surface area contributed by atoms with Gasteiger partial charge in [0.1, 0.15) is 6.04 Å². The van der Waals surface area contributed by atoms with E-state index in [0.717, 1.165) is 4.90 Å². The molecule has 0 radical (unpaired) electrons. The van der Waals surface area contributed by atoms with Gasteiger partial charge in [0.2, 0.25) is 0 Å². The van der Waals surface area contributed by atoms with E-state index in [9.17, 15) is 14.7 Å². The lowest BCUT2D eigenvalue weighted by Gasteiger charge is -2.21. The Balaban J connectivity index is 2.33. The molecule has 7 heteroatoms. The van der Waals surface area contributed by atoms with Crippen LogP contribution in [0.2, 0.25) is 5.02 Å². The highest BCUT2D eigenvalue weighted by atomic mass is 79.9. The molecule has 1 aromatic rings. The van der Waals surface area contributed by atoms with E-state index in [0.29, 0.717) is 9.50 Å². The molecule has 1 saturated heterocycles. The fourth-order valence-corrected chi connectivity index (χ4v) is 2.68. The zero-order valence-corrected chi connectivity index (χ0v) is 12.1. The predicted octanol–water partition coefficient (Wildman–Crippen LogP) is 1.76. The van der Waals surface area contributed by atoms with E-state index in [1.165, 1.54) is 6.07 Å². The Kier molecular flexibility index (Phi) is 4.13. The number of benzene rings is 1. The van der Waals surface area contributed by atoms with E-state index in [2.05, 4.69) is 15.9 Å². The lowest BCUT2D eigenvalue weighted by Crippen LogP contribution is -2.40. The number of nitrogens with zero attached hydrogens (tertiary/aromatic N) is 1. The summed E-state index contributed by atoms with van der Waals surface area (Å²) in [5.41, 5.74) is 0.285. The second-order valence-corrected chi connectivity index (χ2v) is 5.62. The number of aliphatic hydroxyl groups is 1. The molecule has 2 atom stereocenters. The molecule has 1 amide bonds. The standard InChI is InChI=1S/C12H11BrClNO4/c13-9-2-1-6(14)3-8(9)11(17)15-5-7(16)4-10(15)12(18)19/h1-3,7,10,16H,4-5H2,(H,18,19).